The molecule has 15 heavy (non-hydrogen) atoms. The SMILES string of the molecule is COC(=O)CC1(OC)OC(=O)C(C)=C1C. The van der Waals surface area contributed by atoms with Crippen LogP contribution < -0.4 is 0 Å². The first-order valence-electron chi connectivity index (χ1n) is 4.50. The Morgan fingerprint density at radius 2 is 2.00 bits per heavy atom. The molecule has 1 heterocycles. The van der Waals surface area contributed by atoms with Crippen LogP contribution in [0.1, 0.15) is 20.3 Å². The molecule has 0 aromatic rings. The van der Waals surface area contributed by atoms with Crippen molar-refractivity contribution in [2.75, 3.05) is 14.2 Å². The summed E-state index contributed by atoms with van der Waals surface area (Å²) in [5.41, 5.74) is 1.08. The van der Waals surface area contributed by atoms with Gasteiger partial charge in [0.25, 0.3) is 0 Å². The maximum absolute atomic E-state index is 11.3. The van der Waals surface area contributed by atoms with Gasteiger partial charge in [-0.25, -0.2) is 4.79 Å². The molecular formula is C10H14O5. The number of ether oxygens (including phenoxy) is 3. The average Bonchev–Trinajstić information content (AvgIpc) is 2.44. The lowest BCUT2D eigenvalue weighted by molar-refractivity contribution is -0.199. The largest absolute Gasteiger partial charge is 0.469 e. The van der Waals surface area contributed by atoms with Gasteiger partial charge < -0.3 is 14.2 Å². The van der Waals surface area contributed by atoms with E-state index in [1.165, 1.54) is 14.2 Å². The normalized spacial score (nSPS) is 25.5. The molecule has 0 bridgehead atoms. The second-order valence-corrected chi connectivity index (χ2v) is 3.35. The topological polar surface area (TPSA) is 61.8 Å². The first-order chi connectivity index (χ1) is 6.96. The smallest absolute Gasteiger partial charge is 0.336 e. The minimum absolute atomic E-state index is 0.130. The van der Waals surface area contributed by atoms with E-state index < -0.39 is 17.7 Å². The Morgan fingerprint density at radius 3 is 2.33 bits per heavy atom. The van der Waals surface area contributed by atoms with Crippen molar-refractivity contribution in [3.05, 3.63) is 11.1 Å². The minimum atomic E-state index is -1.28. The Balaban J connectivity index is 2.98. The van der Waals surface area contributed by atoms with Gasteiger partial charge in [0.1, 0.15) is 6.42 Å². The Morgan fingerprint density at radius 1 is 1.40 bits per heavy atom. The molecule has 1 atom stereocenters. The van der Waals surface area contributed by atoms with Gasteiger partial charge >= 0.3 is 11.9 Å². The van der Waals surface area contributed by atoms with E-state index in [1.54, 1.807) is 13.8 Å². The summed E-state index contributed by atoms with van der Waals surface area (Å²) in [6.45, 7) is 3.34. The van der Waals surface area contributed by atoms with Crippen LogP contribution in [0.15, 0.2) is 11.1 Å². The van der Waals surface area contributed by atoms with Gasteiger partial charge in [0.2, 0.25) is 5.79 Å². The van der Waals surface area contributed by atoms with E-state index >= 15 is 0 Å². The minimum Gasteiger partial charge on any atom is -0.469 e. The van der Waals surface area contributed by atoms with Gasteiger partial charge in [0.05, 0.1) is 7.11 Å². The molecule has 0 amide bonds. The van der Waals surface area contributed by atoms with Gasteiger partial charge in [-0.3, -0.25) is 4.79 Å². The van der Waals surface area contributed by atoms with Gasteiger partial charge in [-0.05, 0) is 13.8 Å². The number of carbonyl (C=O) groups excluding carboxylic acids is 2. The zero-order valence-electron chi connectivity index (χ0n) is 9.25. The van der Waals surface area contributed by atoms with Crippen LogP contribution in [-0.4, -0.2) is 31.9 Å². The van der Waals surface area contributed by atoms with Crippen LogP contribution in [-0.2, 0) is 23.8 Å². The number of hydrogen-bond acceptors (Lipinski definition) is 5. The van der Waals surface area contributed by atoms with Gasteiger partial charge in [0, 0.05) is 18.3 Å². The van der Waals surface area contributed by atoms with Gasteiger partial charge in [-0.15, -0.1) is 0 Å². The summed E-state index contributed by atoms with van der Waals surface area (Å²) in [6, 6.07) is 0. The first-order valence-corrected chi connectivity index (χ1v) is 4.50. The second-order valence-electron chi connectivity index (χ2n) is 3.35. The van der Waals surface area contributed by atoms with Crippen LogP contribution in [0.2, 0.25) is 0 Å². The van der Waals surface area contributed by atoms with Gasteiger partial charge in [0.15, 0.2) is 0 Å². The summed E-state index contributed by atoms with van der Waals surface area (Å²) in [7, 11) is 2.66. The number of hydrogen-bond donors (Lipinski definition) is 0. The Hall–Kier alpha value is -1.36. The predicted molar refractivity (Wildman–Crippen MR) is 50.8 cm³/mol. The molecule has 84 valence electrons. The number of cyclic esters (lactones) is 1. The highest BCUT2D eigenvalue weighted by Crippen LogP contribution is 2.36. The third kappa shape index (κ3) is 1.87. The summed E-state index contributed by atoms with van der Waals surface area (Å²) in [6.07, 6.45) is -0.130. The molecule has 0 aromatic carbocycles. The molecule has 0 saturated carbocycles. The molecule has 1 aliphatic rings. The zero-order valence-corrected chi connectivity index (χ0v) is 9.25. The van der Waals surface area contributed by atoms with Crippen molar-refractivity contribution in [1.82, 2.24) is 0 Å². The van der Waals surface area contributed by atoms with Crippen molar-refractivity contribution in [3.63, 3.8) is 0 Å². The van der Waals surface area contributed by atoms with E-state index in [4.69, 9.17) is 9.47 Å². The maximum Gasteiger partial charge on any atom is 0.336 e. The van der Waals surface area contributed by atoms with Crippen LogP contribution in [0.4, 0.5) is 0 Å². The molecule has 1 aliphatic heterocycles. The molecule has 0 saturated heterocycles. The van der Waals surface area contributed by atoms with Crippen LogP contribution in [0.25, 0.3) is 0 Å². The van der Waals surface area contributed by atoms with Crippen molar-refractivity contribution in [2.24, 2.45) is 0 Å². The van der Waals surface area contributed by atoms with E-state index in [9.17, 15) is 9.59 Å². The molecule has 1 rings (SSSR count). The molecule has 5 heteroatoms. The van der Waals surface area contributed by atoms with Crippen molar-refractivity contribution < 1.29 is 23.8 Å². The third-order valence-electron chi connectivity index (χ3n) is 2.63. The summed E-state index contributed by atoms with van der Waals surface area (Å²) < 4.78 is 14.7. The van der Waals surface area contributed by atoms with E-state index in [1.807, 2.05) is 0 Å². The lowest BCUT2D eigenvalue weighted by Gasteiger charge is -2.26. The first kappa shape index (κ1) is 11.7. The number of methoxy groups -OCH3 is 2. The van der Waals surface area contributed by atoms with Crippen molar-refractivity contribution in [3.8, 4) is 0 Å². The number of rotatable bonds is 3. The highest BCUT2D eigenvalue weighted by molar-refractivity contribution is 5.92. The monoisotopic (exact) mass is 214 g/mol. The van der Waals surface area contributed by atoms with Gasteiger partial charge in [-0.2, -0.15) is 0 Å². The van der Waals surface area contributed by atoms with Crippen LogP contribution >= 0.6 is 0 Å². The summed E-state index contributed by atoms with van der Waals surface area (Å²) in [5, 5.41) is 0. The summed E-state index contributed by atoms with van der Waals surface area (Å²) in [4.78, 5) is 22.5. The molecule has 0 aliphatic carbocycles. The van der Waals surface area contributed by atoms with Gasteiger partial charge in [-0.1, -0.05) is 0 Å². The zero-order chi connectivity index (χ0) is 11.6. The molecule has 0 fully saturated rings. The van der Waals surface area contributed by atoms with Crippen LogP contribution in [0.5, 0.6) is 0 Å². The number of carbonyl (C=O) groups is 2. The maximum atomic E-state index is 11.3. The highest BCUT2D eigenvalue weighted by atomic mass is 16.7. The third-order valence-corrected chi connectivity index (χ3v) is 2.63. The molecule has 0 aromatic heterocycles. The summed E-state index contributed by atoms with van der Waals surface area (Å²) >= 11 is 0. The fourth-order valence-electron chi connectivity index (χ4n) is 1.44. The Labute approximate surface area is 88.0 Å². The van der Waals surface area contributed by atoms with Crippen molar-refractivity contribution in [2.45, 2.75) is 26.1 Å². The molecule has 0 radical (unpaired) electrons. The van der Waals surface area contributed by atoms with E-state index in [-0.39, 0.29) is 6.42 Å². The fourth-order valence-corrected chi connectivity index (χ4v) is 1.44. The van der Waals surface area contributed by atoms with Crippen LogP contribution in [0, 0.1) is 0 Å². The second kappa shape index (κ2) is 4.02. The Kier molecular flexibility index (Phi) is 3.14. The predicted octanol–water partition coefficient (Wildman–Crippen LogP) is 0.785. The van der Waals surface area contributed by atoms with Crippen LogP contribution in [0.3, 0.4) is 0 Å². The highest BCUT2D eigenvalue weighted by Gasteiger charge is 2.46. The van der Waals surface area contributed by atoms with E-state index in [2.05, 4.69) is 4.74 Å². The lowest BCUT2D eigenvalue weighted by Crippen LogP contribution is -2.36. The van der Waals surface area contributed by atoms with Crippen molar-refractivity contribution >= 4 is 11.9 Å². The summed E-state index contributed by atoms with van der Waals surface area (Å²) in [5.74, 6) is -2.23. The molecule has 1 unspecified atom stereocenters. The quantitative estimate of drug-likeness (QED) is 0.650. The molecule has 0 spiro atoms. The lowest BCUT2D eigenvalue weighted by atomic mass is 10.0. The van der Waals surface area contributed by atoms with E-state index in [0.29, 0.717) is 11.1 Å². The molecule has 0 N–H and O–H groups in total. The molecule has 5 nitrogen and oxygen atoms in total. The standard InChI is InChI=1S/C10H14O5/c1-6-7(2)10(14-4,15-9(6)12)5-8(11)13-3/h5H2,1-4H3. The van der Waals surface area contributed by atoms with Crippen molar-refractivity contribution in [1.29, 1.82) is 0 Å². The fraction of sp³-hybridized carbons (Fsp3) is 0.600. The number of esters is 2. The Bertz CT molecular complexity index is 331. The average molecular weight is 214 g/mol. The molecular weight excluding hydrogens is 200 g/mol. The van der Waals surface area contributed by atoms with E-state index in [0.717, 1.165) is 0 Å².